The lowest BCUT2D eigenvalue weighted by molar-refractivity contribution is 0.0745. The highest BCUT2D eigenvalue weighted by molar-refractivity contribution is 9.10. The van der Waals surface area contributed by atoms with Gasteiger partial charge in [0.15, 0.2) is 11.5 Å². The molecule has 1 saturated heterocycles. The summed E-state index contributed by atoms with van der Waals surface area (Å²) in [5.41, 5.74) is 1.59. The first-order valence-corrected chi connectivity index (χ1v) is 11.2. The summed E-state index contributed by atoms with van der Waals surface area (Å²) in [4.78, 5) is 29.7. The van der Waals surface area contributed by atoms with E-state index in [4.69, 9.17) is 9.47 Å². The van der Waals surface area contributed by atoms with E-state index < -0.39 is 0 Å². The van der Waals surface area contributed by atoms with Crippen LogP contribution >= 0.6 is 15.9 Å². The average Bonchev–Trinajstić information content (AvgIpc) is 2.84. The molecule has 4 rings (SSSR count). The molecule has 1 fully saturated rings. The molecular formula is C23H24BrN5O3. The van der Waals surface area contributed by atoms with E-state index in [1.165, 1.54) is 0 Å². The van der Waals surface area contributed by atoms with Crippen LogP contribution < -0.4 is 14.4 Å². The number of aromatic nitrogens is 3. The number of anilines is 1. The standard InChI is InChI=1S/C23H24BrN5O3/c1-2-31-21-13-18(3-4-20(21)32-16-17-5-7-25-8-6-17)22(30)28-9-11-29(12-10-28)23-26-14-19(24)15-27-23/h3-8,13-15H,2,9-12,16H2,1H3. The Morgan fingerprint density at radius 1 is 1.00 bits per heavy atom. The fourth-order valence-corrected chi connectivity index (χ4v) is 3.63. The molecule has 1 aromatic carbocycles. The van der Waals surface area contributed by atoms with Gasteiger partial charge in [-0.15, -0.1) is 0 Å². The Labute approximate surface area is 195 Å². The van der Waals surface area contributed by atoms with Crippen molar-refractivity contribution in [3.63, 3.8) is 0 Å². The molecule has 0 radical (unpaired) electrons. The van der Waals surface area contributed by atoms with E-state index in [2.05, 4.69) is 35.8 Å². The van der Waals surface area contributed by atoms with Gasteiger partial charge in [0, 0.05) is 56.5 Å². The van der Waals surface area contributed by atoms with Gasteiger partial charge in [-0.3, -0.25) is 9.78 Å². The van der Waals surface area contributed by atoms with Crippen LogP contribution in [0.15, 0.2) is 59.6 Å². The summed E-state index contributed by atoms with van der Waals surface area (Å²) in [6.07, 6.45) is 6.92. The number of carbonyl (C=O) groups excluding carboxylic acids is 1. The Kier molecular flexibility index (Phi) is 7.16. The number of piperazine rings is 1. The van der Waals surface area contributed by atoms with Gasteiger partial charge in [-0.2, -0.15) is 0 Å². The molecule has 3 aromatic rings. The normalized spacial score (nSPS) is 13.7. The fraction of sp³-hybridized carbons (Fsp3) is 0.304. The second-order valence-electron chi connectivity index (χ2n) is 7.22. The molecule has 1 aliphatic heterocycles. The zero-order valence-corrected chi connectivity index (χ0v) is 19.4. The summed E-state index contributed by atoms with van der Waals surface area (Å²) in [6.45, 7) is 5.35. The van der Waals surface area contributed by atoms with E-state index >= 15 is 0 Å². The van der Waals surface area contributed by atoms with E-state index in [0.29, 0.717) is 62.4 Å². The molecule has 1 aliphatic rings. The second kappa shape index (κ2) is 10.4. The van der Waals surface area contributed by atoms with Crippen LogP contribution in [0.2, 0.25) is 0 Å². The minimum Gasteiger partial charge on any atom is -0.490 e. The third-order valence-corrected chi connectivity index (χ3v) is 5.50. The van der Waals surface area contributed by atoms with E-state index in [1.54, 1.807) is 43.0 Å². The largest absolute Gasteiger partial charge is 0.490 e. The van der Waals surface area contributed by atoms with Crippen LogP contribution in [0.3, 0.4) is 0 Å². The van der Waals surface area contributed by atoms with Crippen molar-refractivity contribution in [2.24, 2.45) is 0 Å². The van der Waals surface area contributed by atoms with Crippen molar-refractivity contribution in [1.29, 1.82) is 0 Å². The van der Waals surface area contributed by atoms with Crippen molar-refractivity contribution in [1.82, 2.24) is 19.9 Å². The predicted molar refractivity (Wildman–Crippen MR) is 124 cm³/mol. The molecule has 2 aromatic heterocycles. The summed E-state index contributed by atoms with van der Waals surface area (Å²) in [6, 6.07) is 9.15. The number of benzene rings is 1. The van der Waals surface area contributed by atoms with E-state index in [-0.39, 0.29) is 5.91 Å². The van der Waals surface area contributed by atoms with E-state index in [1.807, 2.05) is 24.0 Å². The quantitative estimate of drug-likeness (QED) is 0.493. The second-order valence-corrected chi connectivity index (χ2v) is 8.13. The Hall–Kier alpha value is -3.20. The molecule has 1 amide bonds. The third-order valence-electron chi connectivity index (χ3n) is 5.09. The van der Waals surface area contributed by atoms with Crippen molar-refractivity contribution >= 4 is 27.8 Å². The smallest absolute Gasteiger partial charge is 0.254 e. The zero-order valence-electron chi connectivity index (χ0n) is 17.8. The van der Waals surface area contributed by atoms with Gasteiger partial charge in [0.1, 0.15) is 6.61 Å². The molecule has 3 heterocycles. The molecule has 8 nitrogen and oxygen atoms in total. The predicted octanol–water partition coefficient (Wildman–Crippen LogP) is 3.57. The highest BCUT2D eigenvalue weighted by Gasteiger charge is 2.24. The third kappa shape index (κ3) is 5.34. The van der Waals surface area contributed by atoms with Crippen molar-refractivity contribution in [2.45, 2.75) is 13.5 Å². The number of hydrogen-bond acceptors (Lipinski definition) is 7. The van der Waals surface area contributed by atoms with Crippen molar-refractivity contribution in [3.8, 4) is 11.5 Å². The highest BCUT2D eigenvalue weighted by atomic mass is 79.9. The van der Waals surface area contributed by atoms with Gasteiger partial charge in [0.25, 0.3) is 5.91 Å². The van der Waals surface area contributed by atoms with Gasteiger partial charge in [0.2, 0.25) is 5.95 Å². The number of nitrogens with zero attached hydrogens (tertiary/aromatic N) is 5. The van der Waals surface area contributed by atoms with Crippen LogP contribution in [-0.2, 0) is 6.61 Å². The van der Waals surface area contributed by atoms with Crippen molar-refractivity contribution in [3.05, 3.63) is 70.7 Å². The lowest BCUT2D eigenvalue weighted by Crippen LogP contribution is -2.49. The fourth-order valence-electron chi connectivity index (χ4n) is 3.43. The number of amides is 1. The number of carbonyl (C=O) groups is 1. The first kappa shape index (κ1) is 22.0. The van der Waals surface area contributed by atoms with E-state index in [0.717, 1.165) is 10.0 Å². The van der Waals surface area contributed by atoms with Crippen LogP contribution in [0.25, 0.3) is 0 Å². The van der Waals surface area contributed by atoms with Gasteiger partial charge < -0.3 is 19.3 Å². The Balaban J connectivity index is 1.40. The van der Waals surface area contributed by atoms with Crippen LogP contribution in [0.4, 0.5) is 5.95 Å². The zero-order chi connectivity index (χ0) is 22.3. The lowest BCUT2D eigenvalue weighted by Gasteiger charge is -2.34. The molecule has 0 spiro atoms. The highest BCUT2D eigenvalue weighted by Crippen LogP contribution is 2.30. The molecule has 0 atom stereocenters. The maximum Gasteiger partial charge on any atom is 0.254 e. The topological polar surface area (TPSA) is 80.7 Å². The number of pyridine rings is 1. The van der Waals surface area contributed by atoms with Gasteiger partial charge in [-0.1, -0.05) is 0 Å². The maximum atomic E-state index is 13.1. The van der Waals surface area contributed by atoms with Crippen LogP contribution in [0.5, 0.6) is 11.5 Å². The first-order chi connectivity index (χ1) is 15.6. The summed E-state index contributed by atoms with van der Waals surface area (Å²) < 4.78 is 12.5. The molecule has 0 saturated carbocycles. The van der Waals surface area contributed by atoms with Crippen LogP contribution in [0, 0.1) is 0 Å². The maximum absolute atomic E-state index is 13.1. The minimum absolute atomic E-state index is 0.0250. The SMILES string of the molecule is CCOc1cc(C(=O)N2CCN(c3ncc(Br)cn3)CC2)ccc1OCc1ccncc1. The Bertz CT molecular complexity index is 1040. The summed E-state index contributed by atoms with van der Waals surface area (Å²) in [5.74, 6) is 1.82. The van der Waals surface area contributed by atoms with Crippen molar-refractivity contribution in [2.75, 3.05) is 37.7 Å². The number of rotatable bonds is 7. The Morgan fingerprint density at radius 2 is 1.72 bits per heavy atom. The van der Waals surface area contributed by atoms with Crippen molar-refractivity contribution < 1.29 is 14.3 Å². The number of halogens is 1. The molecular weight excluding hydrogens is 474 g/mol. The molecule has 0 N–H and O–H groups in total. The molecule has 9 heteroatoms. The van der Waals surface area contributed by atoms with Gasteiger partial charge in [-0.25, -0.2) is 9.97 Å². The van der Waals surface area contributed by atoms with Crippen LogP contribution in [0.1, 0.15) is 22.8 Å². The van der Waals surface area contributed by atoms with Gasteiger partial charge in [0.05, 0.1) is 11.1 Å². The summed E-state index contributed by atoms with van der Waals surface area (Å²) in [7, 11) is 0. The lowest BCUT2D eigenvalue weighted by atomic mass is 10.1. The van der Waals surface area contributed by atoms with Gasteiger partial charge >= 0.3 is 0 Å². The average molecular weight is 498 g/mol. The summed E-state index contributed by atoms with van der Waals surface area (Å²) in [5, 5.41) is 0. The Morgan fingerprint density at radius 3 is 2.41 bits per heavy atom. The number of hydrogen-bond donors (Lipinski definition) is 0. The van der Waals surface area contributed by atoms with Crippen LogP contribution in [-0.4, -0.2) is 58.5 Å². The van der Waals surface area contributed by atoms with Gasteiger partial charge in [-0.05, 0) is 58.7 Å². The first-order valence-electron chi connectivity index (χ1n) is 10.4. The molecule has 0 bridgehead atoms. The number of ether oxygens (including phenoxy) is 2. The molecule has 0 unspecified atom stereocenters. The molecule has 32 heavy (non-hydrogen) atoms. The molecule has 0 aliphatic carbocycles. The minimum atomic E-state index is -0.0250. The molecule has 166 valence electrons. The monoisotopic (exact) mass is 497 g/mol. The summed E-state index contributed by atoms with van der Waals surface area (Å²) >= 11 is 3.35. The van der Waals surface area contributed by atoms with E-state index in [9.17, 15) is 4.79 Å².